The smallest absolute Gasteiger partial charge is 0.239 e. The average molecular weight is 328 g/mol. The summed E-state index contributed by atoms with van der Waals surface area (Å²) in [5, 5.41) is 14.7. The van der Waals surface area contributed by atoms with Gasteiger partial charge in [0.05, 0.1) is 6.61 Å². The molecule has 0 aliphatic rings. The van der Waals surface area contributed by atoms with E-state index in [-0.39, 0.29) is 12.5 Å². The van der Waals surface area contributed by atoms with E-state index in [9.17, 15) is 9.90 Å². The Morgan fingerprint density at radius 2 is 1.92 bits per heavy atom. The van der Waals surface area contributed by atoms with Crippen LogP contribution in [0.15, 0.2) is 48.5 Å². The fraction of sp³-hybridized carbons (Fsp3) is 0.316. The quantitative estimate of drug-likeness (QED) is 0.691. The molecule has 5 heteroatoms. The Labute approximate surface area is 142 Å². The van der Waals surface area contributed by atoms with Crippen LogP contribution in [0.1, 0.15) is 16.7 Å². The molecule has 0 aliphatic heterocycles. The van der Waals surface area contributed by atoms with E-state index in [1.807, 2.05) is 36.4 Å². The molecular weight excluding hydrogens is 304 g/mol. The number of aliphatic hydroxyl groups excluding tert-OH is 1. The largest absolute Gasteiger partial charge is 0.489 e. The zero-order valence-corrected chi connectivity index (χ0v) is 14.1. The highest BCUT2D eigenvalue weighted by molar-refractivity contribution is 5.81. The summed E-state index contributed by atoms with van der Waals surface area (Å²) < 4.78 is 5.78. The summed E-state index contributed by atoms with van der Waals surface area (Å²) in [6.45, 7) is 2.85. The lowest BCUT2D eigenvalue weighted by Crippen LogP contribution is -2.44. The highest BCUT2D eigenvalue weighted by Crippen LogP contribution is 2.15. The first kappa shape index (κ1) is 18.0. The number of hydrogen-bond donors (Lipinski definition) is 3. The van der Waals surface area contributed by atoms with Gasteiger partial charge >= 0.3 is 0 Å². The van der Waals surface area contributed by atoms with Crippen molar-refractivity contribution >= 4 is 5.91 Å². The Morgan fingerprint density at radius 3 is 2.54 bits per heavy atom. The topological polar surface area (TPSA) is 70.6 Å². The van der Waals surface area contributed by atoms with Gasteiger partial charge < -0.3 is 15.2 Å². The molecule has 0 radical (unpaired) electrons. The van der Waals surface area contributed by atoms with E-state index in [0.29, 0.717) is 13.2 Å². The van der Waals surface area contributed by atoms with Gasteiger partial charge in [-0.2, -0.15) is 0 Å². The molecule has 0 heterocycles. The van der Waals surface area contributed by atoms with Crippen LogP contribution in [0.25, 0.3) is 0 Å². The normalized spacial score (nSPS) is 11.8. The molecule has 1 atom stereocenters. The first-order chi connectivity index (χ1) is 11.6. The van der Waals surface area contributed by atoms with Crippen molar-refractivity contribution in [3.05, 3.63) is 65.2 Å². The molecule has 128 valence electrons. The summed E-state index contributed by atoms with van der Waals surface area (Å²) in [5.74, 6) is 0.570. The van der Waals surface area contributed by atoms with Crippen LogP contribution in [-0.2, 0) is 17.9 Å². The van der Waals surface area contributed by atoms with Crippen molar-refractivity contribution in [3.8, 4) is 5.75 Å². The van der Waals surface area contributed by atoms with Crippen LogP contribution in [0, 0.1) is 6.92 Å². The summed E-state index contributed by atoms with van der Waals surface area (Å²) >= 11 is 0. The van der Waals surface area contributed by atoms with Crippen molar-refractivity contribution in [3.63, 3.8) is 0 Å². The molecule has 0 spiro atoms. The second kappa shape index (κ2) is 9.05. The highest BCUT2D eigenvalue weighted by Gasteiger charge is 2.14. The summed E-state index contributed by atoms with van der Waals surface area (Å²) in [5.41, 5.74) is 3.37. The average Bonchev–Trinajstić information content (AvgIpc) is 2.61. The maximum Gasteiger partial charge on any atom is 0.239 e. The fourth-order valence-corrected chi connectivity index (χ4v) is 2.33. The Morgan fingerprint density at radius 1 is 1.17 bits per heavy atom. The summed E-state index contributed by atoms with van der Waals surface area (Å²) in [6, 6.07) is 15.3. The van der Waals surface area contributed by atoms with Gasteiger partial charge in [0, 0.05) is 13.6 Å². The minimum atomic E-state index is -0.604. The van der Waals surface area contributed by atoms with E-state index in [4.69, 9.17) is 4.74 Å². The number of ether oxygens (including phenoxy) is 1. The SMILES string of the molecule is CNC(=O)[C@H](CO)NCc1ccc(OCc2cccc(C)c2)cc1. The number of likely N-dealkylation sites (N-methyl/N-ethyl adjacent to an activating group) is 1. The first-order valence-electron chi connectivity index (χ1n) is 7.95. The predicted octanol–water partition coefficient (Wildman–Crippen LogP) is 1.77. The minimum Gasteiger partial charge on any atom is -0.489 e. The summed E-state index contributed by atoms with van der Waals surface area (Å²) in [4.78, 5) is 11.5. The van der Waals surface area contributed by atoms with Gasteiger partial charge in [-0.15, -0.1) is 0 Å². The second-order valence-electron chi connectivity index (χ2n) is 5.65. The molecule has 0 bridgehead atoms. The van der Waals surface area contributed by atoms with Gasteiger partial charge in [0.2, 0.25) is 5.91 Å². The van der Waals surface area contributed by atoms with E-state index < -0.39 is 6.04 Å². The third-order valence-electron chi connectivity index (χ3n) is 3.71. The number of aryl methyl sites for hydroxylation is 1. The lowest BCUT2D eigenvalue weighted by molar-refractivity contribution is -0.123. The number of carbonyl (C=O) groups is 1. The molecule has 5 nitrogen and oxygen atoms in total. The van der Waals surface area contributed by atoms with E-state index in [1.54, 1.807) is 7.05 Å². The zero-order valence-electron chi connectivity index (χ0n) is 14.1. The molecule has 0 fully saturated rings. The van der Waals surface area contributed by atoms with Gasteiger partial charge in [0.1, 0.15) is 18.4 Å². The van der Waals surface area contributed by atoms with Gasteiger partial charge in [-0.25, -0.2) is 0 Å². The second-order valence-corrected chi connectivity index (χ2v) is 5.65. The molecule has 1 amide bonds. The number of nitrogens with one attached hydrogen (secondary N) is 2. The molecule has 2 aromatic rings. The first-order valence-corrected chi connectivity index (χ1v) is 7.95. The van der Waals surface area contributed by atoms with Gasteiger partial charge in [0.25, 0.3) is 0 Å². The summed E-state index contributed by atoms with van der Waals surface area (Å²) in [6.07, 6.45) is 0. The van der Waals surface area contributed by atoms with Crippen LogP contribution in [0.2, 0.25) is 0 Å². The van der Waals surface area contributed by atoms with Crippen LogP contribution in [0.4, 0.5) is 0 Å². The van der Waals surface area contributed by atoms with Crippen molar-refractivity contribution < 1.29 is 14.6 Å². The van der Waals surface area contributed by atoms with Crippen LogP contribution < -0.4 is 15.4 Å². The fourth-order valence-electron chi connectivity index (χ4n) is 2.33. The van der Waals surface area contributed by atoms with Crippen LogP contribution in [-0.4, -0.2) is 30.7 Å². The Balaban J connectivity index is 1.85. The van der Waals surface area contributed by atoms with Crippen molar-refractivity contribution in [1.29, 1.82) is 0 Å². The van der Waals surface area contributed by atoms with Gasteiger partial charge in [-0.05, 0) is 30.2 Å². The van der Waals surface area contributed by atoms with Crippen LogP contribution >= 0.6 is 0 Å². The summed E-state index contributed by atoms with van der Waals surface area (Å²) in [7, 11) is 1.55. The molecule has 0 unspecified atom stereocenters. The zero-order chi connectivity index (χ0) is 17.4. The monoisotopic (exact) mass is 328 g/mol. The predicted molar refractivity (Wildman–Crippen MR) is 93.7 cm³/mol. The van der Waals surface area contributed by atoms with Crippen molar-refractivity contribution in [2.75, 3.05) is 13.7 Å². The Bertz CT molecular complexity index is 656. The highest BCUT2D eigenvalue weighted by atomic mass is 16.5. The van der Waals surface area contributed by atoms with Gasteiger partial charge in [0.15, 0.2) is 0 Å². The molecule has 0 saturated heterocycles. The molecular formula is C19H24N2O3. The van der Waals surface area contributed by atoms with Crippen molar-refractivity contribution in [1.82, 2.24) is 10.6 Å². The van der Waals surface area contributed by atoms with Gasteiger partial charge in [-0.3, -0.25) is 10.1 Å². The Kier molecular flexibility index (Phi) is 6.78. The van der Waals surface area contributed by atoms with E-state index in [0.717, 1.165) is 16.9 Å². The minimum absolute atomic E-state index is 0.226. The number of aliphatic hydroxyl groups is 1. The molecule has 3 N–H and O–H groups in total. The molecule has 0 aromatic heterocycles. The van der Waals surface area contributed by atoms with Crippen LogP contribution in [0.3, 0.4) is 0 Å². The van der Waals surface area contributed by atoms with E-state index in [2.05, 4.69) is 29.7 Å². The van der Waals surface area contributed by atoms with E-state index >= 15 is 0 Å². The molecule has 2 rings (SSSR count). The number of benzene rings is 2. The lowest BCUT2D eigenvalue weighted by atomic mass is 10.1. The maximum atomic E-state index is 11.5. The number of rotatable bonds is 8. The standard InChI is InChI=1S/C19H24N2O3/c1-14-4-3-5-16(10-14)13-24-17-8-6-15(7-9-17)11-21-18(12-22)19(23)20-2/h3-10,18,21-22H,11-13H2,1-2H3,(H,20,23)/t18-/m0/s1. The number of carbonyl (C=O) groups excluding carboxylic acids is 1. The molecule has 2 aromatic carbocycles. The third-order valence-corrected chi connectivity index (χ3v) is 3.71. The number of amides is 1. The van der Waals surface area contributed by atoms with Crippen LogP contribution in [0.5, 0.6) is 5.75 Å². The third kappa shape index (κ3) is 5.37. The van der Waals surface area contributed by atoms with Crippen molar-refractivity contribution in [2.45, 2.75) is 26.1 Å². The molecule has 0 aliphatic carbocycles. The maximum absolute atomic E-state index is 11.5. The lowest BCUT2D eigenvalue weighted by Gasteiger charge is -2.14. The van der Waals surface area contributed by atoms with Crippen molar-refractivity contribution in [2.24, 2.45) is 0 Å². The van der Waals surface area contributed by atoms with E-state index in [1.165, 1.54) is 5.56 Å². The number of hydrogen-bond acceptors (Lipinski definition) is 4. The molecule has 0 saturated carbocycles. The Hall–Kier alpha value is -2.37. The van der Waals surface area contributed by atoms with Gasteiger partial charge in [-0.1, -0.05) is 42.0 Å². The molecule has 24 heavy (non-hydrogen) atoms.